The van der Waals surface area contributed by atoms with Crippen LogP contribution in [0.15, 0.2) is 53.6 Å². The first kappa shape index (κ1) is 18.6. The summed E-state index contributed by atoms with van der Waals surface area (Å²) >= 11 is 0. The molecule has 0 atom stereocenters. The highest BCUT2D eigenvalue weighted by Gasteiger charge is 2.18. The van der Waals surface area contributed by atoms with Crippen molar-refractivity contribution in [1.29, 1.82) is 5.26 Å². The number of nitriles is 1. The number of anilines is 1. The molecule has 0 unspecified atom stereocenters. The molecule has 4 rings (SSSR count). The Kier molecular flexibility index (Phi) is 4.48. The molecule has 0 aliphatic rings. The van der Waals surface area contributed by atoms with Gasteiger partial charge in [0, 0.05) is 11.3 Å². The third-order valence-electron chi connectivity index (χ3n) is 4.50. The highest BCUT2D eigenvalue weighted by Crippen LogP contribution is 2.24. The Morgan fingerprint density at radius 2 is 1.83 bits per heavy atom. The van der Waals surface area contributed by atoms with E-state index in [2.05, 4.69) is 24.9 Å². The highest BCUT2D eigenvalue weighted by atomic mass is 32.2. The van der Waals surface area contributed by atoms with Crippen LogP contribution in [0.3, 0.4) is 0 Å². The first-order valence-electron chi connectivity index (χ1n) is 8.69. The molecule has 0 aliphatic heterocycles. The maximum absolute atomic E-state index is 12.8. The Hall–Kier alpha value is -3.77. The number of H-pyrrole nitrogens is 1. The molecular formula is C20H16N6O2S. The average molecular weight is 404 g/mol. The van der Waals surface area contributed by atoms with Crippen molar-refractivity contribution in [1.82, 2.24) is 20.2 Å². The monoisotopic (exact) mass is 404 g/mol. The predicted octanol–water partition coefficient (Wildman–Crippen LogP) is 3.31. The molecule has 0 radical (unpaired) electrons. The number of sulfonamides is 1. The van der Waals surface area contributed by atoms with E-state index in [4.69, 9.17) is 5.26 Å². The summed E-state index contributed by atoms with van der Waals surface area (Å²) in [6.07, 6.45) is 1.68. The molecule has 9 heteroatoms. The van der Waals surface area contributed by atoms with Gasteiger partial charge in [0.2, 0.25) is 0 Å². The second-order valence-electron chi connectivity index (χ2n) is 6.54. The third-order valence-corrected chi connectivity index (χ3v) is 6.03. The van der Waals surface area contributed by atoms with E-state index in [1.165, 1.54) is 6.07 Å². The number of hydrogen-bond donors (Lipinski definition) is 2. The fourth-order valence-corrected chi connectivity index (χ4v) is 4.30. The van der Waals surface area contributed by atoms with Crippen molar-refractivity contribution in [2.75, 3.05) is 4.72 Å². The van der Waals surface area contributed by atoms with E-state index in [1.807, 2.05) is 13.0 Å². The van der Waals surface area contributed by atoms with Gasteiger partial charge in [-0.2, -0.15) is 10.4 Å². The molecule has 0 saturated carbocycles. The van der Waals surface area contributed by atoms with E-state index >= 15 is 0 Å². The smallest absolute Gasteiger partial charge is 0.262 e. The topological polar surface area (TPSA) is 124 Å². The lowest BCUT2D eigenvalue weighted by molar-refractivity contribution is 0.600. The zero-order valence-corrected chi connectivity index (χ0v) is 16.4. The van der Waals surface area contributed by atoms with Crippen LogP contribution in [0.5, 0.6) is 0 Å². The molecule has 8 nitrogen and oxygen atoms in total. The van der Waals surface area contributed by atoms with Gasteiger partial charge in [-0.1, -0.05) is 6.07 Å². The number of hydrogen-bond acceptors (Lipinski definition) is 6. The number of rotatable bonds is 4. The number of aryl methyl sites for hydroxylation is 2. The molecule has 4 aromatic rings. The summed E-state index contributed by atoms with van der Waals surface area (Å²) in [5, 5.41) is 16.7. The van der Waals surface area contributed by atoms with Gasteiger partial charge in [-0.15, -0.1) is 0 Å². The summed E-state index contributed by atoms with van der Waals surface area (Å²) in [6.45, 7) is 3.56. The van der Waals surface area contributed by atoms with Gasteiger partial charge in [0.1, 0.15) is 0 Å². The summed E-state index contributed by atoms with van der Waals surface area (Å²) < 4.78 is 28.0. The zero-order chi connectivity index (χ0) is 20.6. The molecule has 0 saturated heterocycles. The summed E-state index contributed by atoms with van der Waals surface area (Å²) in [5.74, 6) is 0.520. The molecule has 0 spiro atoms. The van der Waals surface area contributed by atoms with Crippen molar-refractivity contribution in [2.24, 2.45) is 0 Å². The normalized spacial score (nSPS) is 11.3. The maximum Gasteiger partial charge on any atom is 0.262 e. The minimum atomic E-state index is -3.83. The lowest BCUT2D eigenvalue weighted by Crippen LogP contribution is -2.14. The van der Waals surface area contributed by atoms with Crippen molar-refractivity contribution in [2.45, 2.75) is 18.7 Å². The highest BCUT2D eigenvalue weighted by molar-refractivity contribution is 7.92. The van der Waals surface area contributed by atoms with E-state index < -0.39 is 10.0 Å². The number of nitrogens with one attached hydrogen (secondary N) is 2. The van der Waals surface area contributed by atoms with Crippen LogP contribution >= 0.6 is 0 Å². The van der Waals surface area contributed by atoms with Crippen LogP contribution < -0.4 is 4.72 Å². The van der Waals surface area contributed by atoms with Gasteiger partial charge in [-0.05, 0) is 55.8 Å². The molecule has 29 heavy (non-hydrogen) atoms. The maximum atomic E-state index is 12.8. The number of aromatic nitrogens is 4. The third kappa shape index (κ3) is 3.53. The lowest BCUT2D eigenvalue weighted by Gasteiger charge is -2.11. The Labute approximate surface area is 167 Å². The molecule has 0 fully saturated rings. The predicted molar refractivity (Wildman–Crippen MR) is 109 cm³/mol. The van der Waals surface area contributed by atoms with Gasteiger partial charge in [-0.25, -0.2) is 18.4 Å². The van der Waals surface area contributed by atoms with Crippen molar-refractivity contribution >= 4 is 26.7 Å². The van der Waals surface area contributed by atoms with Gasteiger partial charge in [0.15, 0.2) is 11.5 Å². The Bertz CT molecular complexity index is 1370. The molecule has 2 aromatic carbocycles. The fourth-order valence-electron chi connectivity index (χ4n) is 2.97. The van der Waals surface area contributed by atoms with Crippen LogP contribution in [0, 0.1) is 25.2 Å². The first-order chi connectivity index (χ1) is 13.9. The molecule has 2 heterocycles. The molecule has 144 valence electrons. The standard InChI is InChI=1S/C20H16N6O2S/c1-12-3-4-14(10-21)9-18(12)29(27,28)26-16-7-5-15(6-8-16)19-23-13(2)17-11-22-25-20(17)24-19/h3-9,11,26H,1-2H3,(H,22,23,24,25). The van der Waals surface area contributed by atoms with Crippen molar-refractivity contribution in [3.8, 4) is 17.5 Å². The fraction of sp³-hybridized carbons (Fsp3) is 0.100. The molecule has 0 bridgehead atoms. The van der Waals surface area contributed by atoms with Crippen LogP contribution in [0.4, 0.5) is 5.69 Å². The van der Waals surface area contributed by atoms with Crippen LogP contribution in [-0.4, -0.2) is 28.6 Å². The molecule has 2 N–H and O–H groups in total. The summed E-state index contributed by atoms with van der Waals surface area (Å²) in [5.41, 5.74) is 3.43. The minimum Gasteiger partial charge on any atom is -0.280 e. The molecule has 0 aliphatic carbocycles. The van der Waals surface area contributed by atoms with Crippen LogP contribution in [0.2, 0.25) is 0 Å². The summed E-state index contributed by atoms with van der Waals surface area (Å²) in [4.78, 5) is 9.01. The van der Waals surface area contributed by atoms with Gasteiger partial charge in [0.05, 0.1) is 33.8 Å². The van der Waals surface area contributed by atoms with E-state index in [0.717, 1.165) is 16.6 Å². The lowest BCUT2D eigenvalue weighted by atomic mass is 10.2. The number of aromatic amines is 1. The van der Waals surface area contributed by atoms with E-state index in [1.54, 1.807) is 49.5 Å². The quantitative estimate of drug-likeness (QED) is 0.538. The Morgan fingerprint density at radius 1 is 1.07 bits per heavy atom. The second-order valence-corrected chi connectivity index (χ2v) is 8.19. The molecule has 2 aromatic heterocycles. The van der Waals surface area contributed by atoms with E-state index in [9.17, 15) is 8.42 Å². The van der Waals surface area contributed by atoms with Crippen LogP contribution in [-0.2, 0) is 10.0 Å². The minimum absolute atomic E-state index is 0.0734. The average Bonchev–Trinajstić information content (AvgIpc) is 3.18. The molecular weight excluding hydrogens is 388 g/mol. The van der Waals surface area contributed by atoms with Gasteiger partial charge in [-0.3, -0.25) is 9.82 Å². The Morgan fingerprint density at radius 3 is 2.55 bits per heavy atom. The number of fused-ring (bicyclic) bond motifs is 1. The number of benzene rings is 2. The van der Waals surface area contributed by atoms with Gasteiger partial charge >= 0.3 is 0 Å². The summed E-state index contributed by atoms with van der Waals surface area (Å²) in [6, 6.07) is 13.3. The van der Waals surface area contributed by atoms with Crippen LogP contribution in [0.25, 0.3) is 22.4 Å². The van der Waals surface area contributed by atoms with Crippen molar-refractivity contribution in [3.05, 3.63) is 65.5 Å². The van der Waals surface area contributed by atoms with E-state index in [-0.39, 0.29) is 10.5 Å². The van der Waals surface area contributed by atoms with E-state index in [0.29, 0.717) is 22.7 Å². The van der Waals surface area contributed by atoms with Gasteiger partial charge < -0.3 is 0 Å². The zero-order valence-electron chi connectivity index (χ0n) is 15.6. The summed E-state index contributed by atoms with van der Waals surface area (Å²) in [7, 11) is -3.83. The molecule has 0 amide bonds. The Balaban J connectivity index is 1.63. The number of nitrogens with zero attached hydrogens (tertiary/aromatic N) is 4. The van der Waals surface area contributed by atoms with Gasteiger partial charge in [0.25, 0.3) is 10.0 Å². The second kappa shape index (κ2) is 7.00. The van der Waals surface area contributed by atoms with Crippen molar-refractivity contribution < 1.29 is 8.42 Å². The van der Waals surface area contributed by atoms with Crippen LogP contribution in [0.1, 0.15) is 16.8 Å². The van der Waals surface area contributed by atoms with Crippen molar-refractivity contribution in [3.63, 3.8) is 0 Å². The largest absolute Gasteiger partial charge is 0.280 e. The first-order valence-corrected chi connectivity index (χ1v) is 10.2. The SMILES string of the molecule is Cc1ccc(C#N)cc1S(=O)(=O)Nc1ccc(-c2nc(C)c3cn[nH]c3n2)cc1.